The Bertz CT molecular complexity index is 1210. The number of benzene rings is 3. The van der Waals surface area contributed by atoms with Crippen LogP contribution in [0.15, 0.2) is 82.3 Å². The molecular formula is C25H21BrN4OS. The van der Waals surface area contributed by atoms with Crippen LogP contribution in [0.2, 0.25) is 0 Å². The molecule has 2 aliphatic heterocycles. The molecule has 0 fully saturated rings. The molecule has 1 amide bonds. The number of nitrogens with one attached hydrogen (secondary N) is 2. The van der Waals surface area contributed by atoms with Crippen molar-refractivity contribution < 1.29 is 4.79 Å². The highest BCUT2D eigenvalue weighted by molar-refractivity contribution is 9.10. The van der Waals surface area contributed by atoms with E-state index in [1.165, 1.54) is 5.56 Å². The highest BCUT2D eigenvalue weighted by atomic mass is 79.9. The van der Waals surface area contributed by atoms with E-state index in [0.29, 0.717) is 11.7 Å². The maximum Gasteiger partial charge on any atom is 0.272 e. The number of hydrogen-bond donors (Lipinski definition) is 2. The van der Waals surface area contributed by atoms with Gasteiger partial charge in [0.15, 0.2) is 5.11 Å². The minimum absolute atomic E-state index is 0.0933. The van der Waals surface area contributed by atoms with Crippen molar-refractivity contribution in [3.63, 3.8) is 0 Å². The molecule has 5 nitrogen and oxygen atoms in total. The third kappa shape index (κ3) is 4.06. The van der Waals surface area contributed by atoms with E-state index in [4.69, 9.17) is 17.2 Å². The summed E-state index contributed by atoms with van der Waals surface area (Å²) in [6.45, 7) is 0.672. The molecule has 2 aliphatic rings. The number of aliphatic imine (C=N–C) groups is 1. The number of rotatable bonds is 3. The zero-order chi connectivity index (χ0) is 22.1. The van der Waals surface area contributed by atoms with Crippen LogP contribution in [0.1, 0.15) is 23.1 Å². The summed E-state index contributed by atoms with van der Waals surface area (Å²) in [6, 6.07) is 23.9. The maximum absolute atomic E-state index is 13.6. The van der Waals surface area contributed by atoms with Gasteiger partial charge in [0.1, 0.15) is 0 Å². The molecule has 0 spiro atoms. The van der Waals surface area contributed by atoms with Gasteiger partial charge in [0, 0.05) is 27.8 Å². The first-order valence-electron chi connectivity index (χ1n) is 10.5. The summed E-state index contributed by atoms with van der Waals surface area (Å²) in [7, 11) is 0. The molecule has 1 atom stereocenters. The van der Waals surface area contributed by atoms with E-state index >= 15 is 0 Å². The standard InChI is InChI=1S/C25H21BrN4OS/c26-18-11-13-19(14-12-18)27-25(32)29-23-24(31)30-15-5-9-17-8-4-10-20(22(17)30)21(28-23)16-6-2-1-3-7-16/h1-4,6-8,10-14,23H,5,9,15H2,(H2,27,29,32). The summed E-state index contributed by atoms with van der Waals surface area (Å²) >= 11 is 8.96. The number of amides is 1. The topological polar surface area (TPSA) is 56.7 Å². The molecule has 0 aliphatic carbocycles. The Hall–Kier alpha value is -3.03. The molecule has 5 rings (SSSR count). The Kier molecular flexibility index (Phi) is 5.76. The van der Waals surface area contributed by atoms with E-state index < -0.39 is 6.17 Å². The number of para-hydroxylation sites is 1. The van der Waals surface area contributed by atoms with Crippen LogP contribution in [0.3, 0.4) is 0 Å². The Balaban J connectivity index is 1.53. The van der Waals surface area contributed by atoms with Crippen molar-refractivity contribution in [1.29, 1.82) is 0 Å². The second-order valence-electron chi connectivity index (χ2n) is 7.76. The van der Waals surface area contributed by atoms with Crippen molar-refractivity contribution in [3.05, 3.63) is 94.0 Å². The number of thiocarbonyl (C=S) groups is 1. The zero-order valence-corrected chi connectivity index (χ0v) is 19.6. The Morgan fingerprint density at radius 1 is 1.03 bits per heavy atom. The van der Waals surface area contributed by atoms with E-state index in [2.05, 4.69) is 38.7 Å². The van der Waals surface area contributed by atoms with Crippen LogP contribution in [-0.2, 0) is 11.2 Å². The average molecular weight is 505 g/mol. The summed E-state index contributed by atoms with van der Waals surface area (Å²) in [5.41, 5.74) is 5.74. The minimum atomic E-state index is -0.820. The van der Waals surface area contributed by atoms with E-state index in [1.807, 2.05) is 65.6 Å². The highest BCUT2D eigenvalue weighted by Crippen LogP contribution is 2.35. The van der Waals surface area contributed by atoms with Gasteiger partial charge in [-0.05, 0) is 54.9 Å². The summed E-state index contributed by atoms with van der Waals surface area (Å²) < 4.78 is 0.983. The summed E-state index contributed by atoms with van der Waals surface area (Å²) in [4.78, 5) is 20.4. The number of aryl methyl sites for hydroxylation is 1. The number of hydrogen-bond acceptors (Lipinski definition) is 3. The van der Waals surface area contributed by atoms with Gasteiger partial charge >= 0.3 is 0 Å². The number of carbonyl (C=O) groups is 1. The molecule has 0 saturated carbocycles. The molecule has 3 aromatic rings. The Morgan fingerprint density at radius 2 is 1.81 bits per heavy atom. The van der Waals surface area contributed by atoms with Gasteiger partial charge in [-0.1, -0.05) is 64.5 Å². The molecule has 7 heteroatoms. The molecule has 0 bridgehead atoms. The van der Waals surface area contributed by atoms with Crippen molar-refractivity contribution >= 4 is 56.3 Å². The quantitative estimate of drug-likeness (QED) is 0.498. The largest absolute Gasteiger partial charge is 0.333 e. The predicted octanol–water partition coefficient (Wildman–Crippen LogP) is 4.89. The Labute approximate surface area is 200 Å². The van der Waals surface area contributed by atoms with Gasteiger partial charge in [-0.25, -0.2) is 4.99 Å². The van der Waals surface area contributed by atoms with Crippen LogP contribution in [0.25, 0.3) is 0 Å². The van der Waals surface area contributed by atoms with Crippen LogP contribution in [0.5, 0.6) is 0 Å². The highest BCUT2D eigenvalue weighted by Gasteiger charge is 2.35. The first-order valence-corrected chi connectivity index (χ1v) is 11.7. The first-order chi connectivity index (χ1) is 15.6. The minimum Gasteiger partial charge on any atom is -0.333 e. The number of anilines is 2. The van der Waals surface area contributed by atoms with Crippen molar-refractivity contribution in [2.75, 3.05) is 16.8 Å². The summed E-state index contributed by atoms with van der Waals surface area (Å²) in [5, 5.41) is 6.65. The van der Waals surface area contributed by atoms with Crippen molar-refractivity contribution in [2.45, 2.75) is 19.0 Å². The number of halogens is 1. The van der Waals surface area contributed by atoms with E-state index in [9.17, 15) is 4.79 Å². The molecule has 1 unspecified atom stereocenters. The van der Waals surface area contributed by atoms with Gasteiger partial charge in [-0.3, -0.25) is 4.79 Å². The maximum atomic E-state index is 13.6. The van der Waals surface area contributed by atoms with Gasteiger partial charge in [-0.15, -0.1) is 0 Å². The van der Waals surface area contributed by atoms with Crippen molar-refractivity contribution in [3.8, 4) is 0 Å². The van der Waals surface area contributed by atoms with Gasteiger partial charge in [0.05, 0.1) is 11.4 Å². The number of carbonyl (C=O) groups excluding carboxylic acids is 1. The molecule has 3 aromatic carbocycles. The SMILES string of the molecule is O=C1C(NC(=S)Nc2ccc(Br)cc2)N=C(c2ccccc2)c2cccc3c2N1CCC3. The lowest BCUT2D eigenvalue weighted by Gasteiger charge is -2.31. The molecule has 32 heavy (non-hydrogen) atoms. The van der Waals surface area contributed by atoms with E-state index in [0.717, 1.165) is 45.5 Å². The lowest BCUT2D eigenvalue weighted by molar-refractivity contribution is -0.120. The zero-order valence-electron chi connectivity index (χ0n) is 17.2. The van der Waals surface area contributed by atoms with E-state index in [-0.39, 0.29) is 5.91 Å². The van der Waals surface area contributed by atoms with Crippen LogP contribution in [0, 0.1) is 0 Å². The van der Waals surface area contributed by atoms with Crippen LogP contribution in [-0.4, -0.2) is 29.4 Å². The molecule has 0 radical (unpaired) electrons. The Morgan fingerprint density at radius 3 is 2.59 bits per heavy atom. The van der Waals surface area contributed by atoms with E-state index in [1.54, 1.807) is 0 Å². The molecule has 0 aromatic heterocycles. The van der Waals surface area contributed by atoms with Gasteiger partial charge in [-0.2, -0.15) is 0 Å². The normalized spacial score (nSPS) is 17.2. The monoisotopic (exact) mass is 504 g/mol. The molecule has 2 heterocycles. The predicted molar refractivity (Wildman–Crippen MR) is 136 cm³/mol. The fourth-order valence-corrected chi connectivity index (χ4v) is 4.70. The molecule has 2 N–H and O–H groups in total. The molecule has 0 saturated heterocycles. The van der Waals surface area contributed by atoms with Crippen LogP contribution in [0.4, 0.5) is 11.4 Å². The van der Waals surface area contributed by atoms with Gasteiger partial charge < -0.3 is 15.5 Å². The fraction of sp³-hybridized carbons (Fsp3) is 0.160. The first kappa shape index (κ1) is 20.8. The third-order valence-corrected chi connectivity index (χ3v) is 6.40. The average Bonchev–Trinajstić information content (AvgIpc) is 2.93. The smallest absolute Gasteiger partial charge is 0.272 e. The second kappa shape index (κ2) is 8.84. The number of nitrogens with zero attached hydrogens (tertiary/aromatic N) is 2. The third-order valence-electron chi connectivity index (χ3n) is 5.65. The van der Waals surface area contributed by atoms with Crippen LogP contribution >= 0.6 is 28.1 Å². The van der Waals surface area contributed by atoms with Crippen LogP contribution < -0.4 is 15.5 Å². The molecule has 160 valence electrons. The van der Waals surface area contributed by atoms with Gasteiger partial charge in [0.25, 0.3) is 5.91 Å². The summed E-state index contributed by atoms with van der Waals surface area (Å²) in [6.07, 6.45) is 1.06. The molecular weight excluding hydrogens is 484 g/mol. The second-order valence-corrected chi connectivity index (χ2v) is 9.08. The van der Waals surface area contributed by atoms with Crippen molar-refractivity contribution in [2.24, 2.45) is 4.99 Å². The van der Waals surface area contributed by atoms with Crippen molar-refractivity contribution in [1.82, 2.24) is 5.32 Å². The lowest BCUT2D eigenvalue weighted by Crippen LogP contribution is -2.49. The summed E-state index contributed by atoms with van der Waals surface area (Å²) in [5.74, 6) is -0.0933. The fourth-order valence-electron chi connectivity index (χ4n) is 4.21. The van der Waals surface area contributed by atoms with Gasteiger partial charge in [0.2, 0.25) is 6.17 Å². The lowest BCUT2D eigenvalue weighted by atomic mass is 9.93.